The third kappa shape index (κ3) is 3.95. The summed E-state index contributed by atoms with van der Waals surface area (Å²) in [5.74, 6) is -0.327. The van der Waals surface area contributed by atoms with Crippen LogP contribution < -0.4 is 4.90 Å². The number of hydrogen-bond acceptors (Lipinski definition) is 4. The maximum absolute atomic E-state index is 14.4. The molecular formula is C24H24FN3OS. The minimum atomic E-state index is -0.521. The lowest BCUT2D eigenvalue weighted by Gasteiger charge is -2.42. The van der Waals surface area contributed by atoms with Crippen LogP contribution in [0.3, 0.4) is 0 Å². The zero-order chi connectivity index (χ0) is 21.1. The second-order valence-electron chi connectivity index (χ2n) is 7.66. The Balaban J connectivity index is 1.58. The lowest BCUT2D eigenvalue weighted by molar-refractivity contribution is -0.129. The molecule has 4 nitrogen and oxygen atoms in total. The predicted molar refractivity (Wildman–Crippen MR) is 118 cm³/mol. The molecular weight excluding hydrogens is 397 g/mol. The number of anilines is 1. The van der Waals surface area contributed by atoms with E-state index in [1.165, 1.54) is 36.2 Å². The van der Waals surface area contributed by atoms with Crippen LogP contribution in [0.1, 0.15) is 43.2 Å². The molecule has 30 heavy (non-hydrogen) atoms. The molecule has 0 bridgehead atoms. The summed E-state index contributed by atoms with van der Waals surface area (Å²) in [5, 5.41) is 10.5. The van der Waals surface area contributed by atoms with Gasteiger partial charge in [0.05, 0.1) is 29.2 Å². The van der Waals surface area contributed by atoms with Gasteiger partial charge in [-0.1, -0.05) is 55.4 Å². The van der Waals surface area contributed by atoms with E-state index >= 15 is 0 Å². The van der Waals surface area contributed by atoms with Gasteiger partial charge >= 0.3 is 0 Å². The summed E-state index contributed by atoms with van der Waals surface area (Å²) < 4.78 is 14.4. The number of thioether (sulfide) groups is 1. The summed E-state index contributed by atoms with van der Waals surface area (Å²) >= 11 is 1.47. The van der Waals surface area contributed by atoms with E-state index in [1.807, 2.05) is 0 Å². The van der Waals surface area contributed by atoms with Crippen LogP contribution >= 0.6 is 11.8 Å². The molecule has 1 fully saturated rings. The van der Waals surface area contributed by atoms with Gasteiger partial charge in [0, 0.05) is 18.0 Å². The standard InChI is InChI=1S/C24H24FN3OS/c1-2-3-6-17-9-11-18(12-10-17)27-15-28-23(29)13-20(19-7-4-5-8-22(19)25)21(14-26)24(28)30-16-27/h4-5,7-12,20H,2-3,6,13,15-16H2,1H3/t20-/m1/s1. The predicted octanol–water partition coefficient (Wildman–Crippen LogP) is 5.39. The van der Waals surface area contributed by atoms with Crippen molar-refractivity contribution in [2.24, 2.45) is 0 Å². The van der Waals surface area contributed by atoms with Crippen molar-refractivity contribution in [2.75, 3.05) is 17.4 Å². The van der Waals surface area contributed by atoms with Crippen LogP contribution in [0.2, 0.25) is 0 Å². The van der Waals surface area contributed by atoms with Crippen molar-refractivity contribution in [3.05, 3.63) is 76.1 Å². The number of unbranched alkanes of at least 4 members (excludes halogenated alkanes) is 1. The van der Waals surface area contributed by atoms with Crippen molar-refractivity contribution < 1.29 is 9.18 Å². The summed E-state index contributed by atoms with van der Waals surface area (Å²) in [7, 11) is 0. The first-order valence-corrected chi connectivity index (χ1v) is 11.3. The Morgan fingerprint density at radius 3 is 2.67 bits per heavy atom. The molecule has 0 unspecified atom stereocenters. The molecule has 2 aromatic carbocycles. The number of carbonyl (C=O) groups excluding carboxylic acids is 1. The quantitative estimate of drug-likeness (QED) is 0.650. The van der Waals surface area contributed by atoms with Crippen LogP contribution in [-0.2, 0) is 11.2 Å². The van der Waals surface area contributed by atoms with Gasteiger partial charge in [0.2, 0.25) is 5.91 Å². The summed E-state index contributed by atoms with van der Waals surface area (Å²) in [6, 6.07) is 17.2. The first kappa shape index (κ1) is 20.5. The third-order valence-corrected chi connectivity index (χ3v) is 6.85. The maximum atomic E-state index is 14.4. The van der Waals surface area contributed by atoms with Gasteiger partial charge < -0.3 is 4.90 Å². The number of amides is 1. The number of hydrogen-bond donors (Lipinski definition) is 0. The van der Waals surface area contributed by atoms with Crippen LogP contribution in [-0.4, -0.2) is 23.4 Å². The average molecular weight is 422 g/mol. The van der Waals surface area contributed by atoms with E-state index in [0.29, 0.717) is 28.7 Å². The van der Waals surface area contributed by atoms with Crippen molar-refractivity contribution >= 4 is 23.4 Å². The molecule has 1 amide bonds. The molecule has 1 atom stereocenters. The van der Waals surface area contributed by atoms with E-state index in [0.717, 1.165) is 12.1 Å². The molecule has 2 aliphatic heterocycles. The fourth-order valence-electron chi connectivity index (χ4n) is 4.00. The van der Waals surface area contributed by atoms with E-state index in [1.54, 1.807) is 23.1 Å². The molecule has 4 rings (SSSR count). The fraction of sp³-hybridized carbons (Fsp3) is 0.333. The van der Waals surface area contributed by atoms with Gasteiger partial charge in [0.1, 0.15) is 5.82 Å². The molecule has 2 aliphatic rings. The highest BCUT2D eigenvalue weighted by atomic mass is 32.2. The molecule has 154 valence electrons. The number of carbonyl (C=O) groups is 1. The van der Waals surface area contributed by atoms with Crippen molar-refractivity contribution in [2.45, 2.75) is 38.5 Å². The Morgan fingerprint density at radius 1 is 1.20 bits per heavy atom. The summed E-state index contributed by atoms with van der Waals surface area (Å²) in [5.41, 5.74) is 3.28. The number of allylic oxidation sites excluding steroid dienone is 1. The smallest absolute Gasteiger partial charge is 0.229 e. The zero-order valence-corrected chi connectivity index (χ0v) is 17.8. The molecule has 2 aromatic rings. The van der Waals surface area contributed by atoms with Crippen LogP contribution in [0, 0.1) is 17.1 Å². The van der Waals surface area contributed by atoms with Crippen LogP contribution in [0.4, 0.5) is 10.1 Å². The Hall–Kier alpha value is -2.78. The summed E-state index contributed by atoms with van der Waals surface area (Å²) in [6.45, 7) is 2.59. The number of fused-ring (bicyclic) bond motifs is 1. The van der Waals surface area contributed by atoms with Crippen LogP contribution in [0.25, 0.3) is 0 Å². The lowest BCUT2D eigenvalue weighted by atomic mass is 9.86. The first-order chi connectivity index (χ1) is 14.6. The van der Waals surface area contributed by atoms with Gasteiger partial charge in [-0.3, -0.25) is 9.69 Å². The normalized spacial score (nSPS) is 19.0. The minimum Gasteiger partial charge on any atom is -0.344 e. The number of nitrogens with zero attached hydrogens (tertiary/aromatic N) is 3. The van der Waals surface area contributed by atoms with Gasteiger partial charge in [0.15, 0.2) is 0 Å². The van der Waals surface area contributed by atoms with E-state index in [2.05, 4.69) is 42.2 Å². The van der Waals surface area contributed by atoms with E-state index in [9.17, 15) is 14.4 Å². The molecule has 0 saturated carbocycles. The molecule has 2 heterocycles. The third-order valence-electron chi connectivity index (χ3n) is 5.69. The van der Waals surface area contributed by atoms with E-state index in [-0.39, 0.29) is 18.1 Å². The Labute approximate surface area is 181 Å². The number of aryl methyl sites for hydroxylation is 1. The molecule has 0 N–H and O–H groups in total. The van der Waals surface area contributed by atoms with Gasteiger partial charge in [0.25, 0.3) is 0 Å². The SMILES string of the molecule is CCCCc1ccc(N2CSC3=C(C#N)[C@@H](c4ccccc4F)CC(=O)N3C2)cc1. The minimum absolute atomic E-state index is 0.0750. The van der Waals surface area contributed by atoms with Crippen molar-refractivity contribution in [1.82, 2.24) is 4.90 Å². The van der Waals surface area contributed by atoms with Crippen molar-refractivity contribution in [3.8, 4) is 6.07 Å². The highest BCUT2D eigenvalue weighted by molar-refractivity contribution is 8.03. The number of nitriles is 1. The average Bonchev–Trinajstić information content (AvgIpc) is 2.78. The van der Waals surface area contributed by atoms with Gasteiger partial charge in [-0.25, -0.2) is 4.39 Å². The molecule has 6 heteroatoms. The van der Waals surface area contributed by atoms with Gasteiger partial charge in [-0.2, -0.15) is 5.26 Å². The molecule has 0 radical (unpaired) electrons. The molecule has 0 aromatic heterocycles. The topological polar surface area (TPSA) is 47.3 Å². The number of rotatable bonds is 5. The van der Waals surface area contributed by atoms with Crippen LogP contribution in [0.5, 0.6) is 0 Å². The number of benzene rings is 2. The first-order valence-electron chi connectivity index (χ1n) is 10.3. The number of halogens is 1. The second kappa shape index (κ2) is 8.93. The Morgan fingerprint density at radius 2 is 1.97 bits per heavy atom. The molecule has 1 saturated heterocycles. The lowest BCUT2D eigenvalue weighted by Crippen LogP contribution is -2.47. The molecule has 0 spiro atoms. The van der Waals surface area contributed by atoms with E-state index in [4.69, 9.17) is 0 Å². The highest BCUT2D eigenvalue weighted by Crippen LogP contribution is 2.43. The zero-order valence-electron chi connectivity index (χ0n) is 17.0. The summed E-state index contributed by atoms with van der Waals surface area (Å²) in [6.07, 6.45) is 3.53. The van der Waals surface area contributed by atoms with Crippen LogP contribution in [0.15, 0.2) is 59.1 Å². The maximum Gasteiger partial charge on any atom is 0.229 e. The second-order valence-corrected chi connectivity index (χ2v) is 8.59. The summed E-state index contributed by atoms with van der Waals surface area (Å²) in [4.78, 5) is 16.8. The molecule has 0 aliphatic carbocycles. The largest absolute Gasteiger partial charge is 0.344 e. The Bertz CT molecular complexity index is 1010. The monoisotopic (exact) mass is 421 g/mol. The van der Waals surface area contributed by atoms with Gasteiger partial charge in [-0.05, 0) is 42.2 Å². The fourth-order valence-corrected chi connectivity index (χ4v) is 5.17. The van der Waals surface area contributed by atoms with Crippen molar-refractivity contribution in [3.63, 3.8) is 0 Å². The van der Waals surface area contributed by atoms with E-state index < -0.39 is 5.92 Å². The van der Waals surface area contributed by atoms with Crippen molar-refractivity contribution in [1.29, 1.82) is 5.26 Å². The Kier molecular flexibility index (Phi) is 6.10. The highest BCUT2D eigenvalue weighted by Gasteiger charge is 2.39. The van der Waals surface area contributed by atoms with Gasteiger partial charge in [-0.15, -0.1) is 0 Å².